The lowest BCUT2D eigenvalue weighted by Crippen LogP contribution is -2.28. The normalized spacial score (nSPS) is 25.3. The molecule has 1 unspecified atom stereocenters. The number of carbonyl (C=O) groups excluding carboxylic acids is 1. The van der Waals surface area contributed by atoms with Crippen molar-refractivity contribution in [1.29, 1.82) is 0 Å². The zero-order chi connectivity index (χ0) is 10.7. The van der Waals surface area contributed by atoms with Gasteiger partial charge in [-0.3, -0.25) is 4.79 Å². The van der Waals surface area contributed by atoms with Gasteiger partial charge in [0.25, 0.3) is 0 Å². The molecular weight excluding hydrogens is 186 g/mol. The van der Waals surface area contributed by atoms with Crippen LogP contribution in [0.3, 0.4) is 0 Å². The molecule has 0 aliphatic carbocycles. The summed E-state index contributed by atoms with van der Waals surface area (Å²) in [5.74, 6) is 0.187. The summed E-state index contributed by atoms with van der Waals surface area (Å²) < 4.78 is 0. The van der Waals surface area contributed by atoms with Crippen LogP contribution in [0.15, 0.2) is 30.3 Å². The number of amides is 1. The Morgan fingerprint density at radius 3 is 2.60 bits per heavy atom. The van der Waals surface area contributed by atoms with Crippen LogP contribution in [0, 0.1) is 0 Å². The van der Waals surface area contributed by atoms with Crippen LogP contribution in [0.25, 0.3) is 0 Å². The number of nitrogens with one attached hydrogen (secondary N) is 1. The fourth-order valence-electron chi connectivity index (χ4n) is 2.50. The Bertz CT molecular complexity index is 347. The van der Waals surface area contributed by atoms with Crippen molar-refractivity contribution in [2.45, 2.75) is 31.6 Å². The maximum absolute atomic E-state index is 11.4. The third kappa shape index (κ3) is 1.89. The number of rotatable bonds is 3. The van der Waals surface area contributed by atoms with Gasteiger partial charge in [0.1, 0.15) is 0 Å². The van der Waals surface area contributed by atoms with Crippen molar-refractivity contribution < 1.29 is 4.79 Å². The summed E-state index contributed by atoms with van der Waals surface area (Å²) in [6.45, 7) is 2.97. The fraction of sp³-hybridized carbons (Fsp3) is 0.462. The van der Waals surface area contributed by atoms with Gasteiger partial charge in [0.05, 0.1) is 0 Å². The second-order valence-electron chi connectivity index (χ2n) is 4.35. The highest BCUT2D eigenvalue weighted by molar-refractivity contribution is 5.80. The predicted octanol–water partition coefficient (Wildman–Crippen LogP) is 2.24. The SMILES string of the molecule is CCCC1(c2ccccc2)CNC(=O)C1. The van der Waals surface area contributed by atoms with Crippen molar-refractivity contribution in [1.82, 2.24) is 5.32 Å². The van der Waals surface area contributed by atoms with Crippen LogP contribution in [0.4, 0.5) is 0 Å². The van der Waals surface area contributed by atoms with Gasteiger partial charge in [0.15, 0.2) is 0 Å². The minimum atomic E-state index is 0.0487. The van der Waals surface area contributed by atoms with Gasteiger partial charge < -0.3 is 5.32 Å². The Morgan fingerprint density at radius 2 is 2.07 bits per heavy atom. The van der Waals surface area contributed by atoms with Gasteiger partial charge in [-0.15, -0.1) is 0 Å². The standard InChI is InChI=1S/C13H17NO/c1-2-8-13(9-12(15)14-10-13)11-6-4-3-5-7-11/h3-7H,2,8-10H2,1H3,(H,14,15). The van der Waals surface area contributed by atoms with Crippen molar-refractivity contribution in [3.8, 4) is 0 Å². The second-order valence-corrected chi connectivity index (χ2v) is 4.35. The molecule has 1 fully saturated rings. The molecule has 1 N–H and O–H groups in total. The molecule has 2 heteroatoms. The molecule has 80 valence electrons. The highest BCUT2D eigenvalue weighted by Gasteiger charge is 2.38. The maximum atomic E-state index is 11.4. The highest BCUT2D eigenvalue weighted by Crippen LogP contribution is 2.35. The summed E-state index contributed by atoms with van der Waals surface area (Å²) in [5, 5.41) is 2.95. The van der Waals surface area contributed by atoms with E-state index in [0.717, 1.165) is 19.4 Å². The van der Waals surface area contributed by atoms with E-state index < -0.39 is 0 Å². The van der Waals surface area contributed by atoms with E-state index in [9.17, 15) is 4.79 Å². The minimum Gasteiger partial charge on any atom is -0.355 e. The van der Waals surface area contributed by atoms with Gasteiger partial charge in [-0.1, -0.05) is 43.7 Å². The summed E-state index contributed by atoms with van der Waals surface area (Å²) in [4.78, 5) is 11.4. The summed E-state index contributed by atoms with van der Waals surface area (Å²) in [6, 6.07) is 10.4. The minimum absolute atomic E-state index is 0.0487. The quantitative estimate of drug-likeness (QED) is 0.802. The third-order valence-corrected chi connectivity index (χ3v) is 3.24. The van der Waals surface area contributed by atoms with Crippen molar-refractivity contribution in [2.75, 3.05) is 6.54 Å². The van der Waals surface area contributed by atoms with Gasteiger partial charge in [-0.2, -0.15) is 0 Å². The van der Waals surface area contributed by atoms with Gasteiger partial charge >= 0.3 is 0 Å². The van der Waals surface area contributed by atoms with Crippen molar-refractivity contribution in [3.05, 3.63) is 35.9 Å². The Labute approximate surface area is 90.7 Å². The molecule has 0 spiro atoms. The molecule has 1 amide bonds. The van der Waals surface area contributed by atoms with E-state index in [2.05, 4.69) is 36.5 Å². The third-order valence-electron chi connectivity index (χ3n) is 3.24. The first-order valence-electron chi connectivity index (χ1n) is 5.59. The molecule has 1 atom stereocenters. The van der Waals surface area contributed by atoms with E-state index in [-0.39, 0.29) is 11.3 Å². The molecule has 1 aromatic carbocycles. The number of carbonyl (C=O) groups is 1. The van der Waals surface area contributed by atoms with E-state index in [1.54, 1.807) is 0 Å². The van der Waals surface area contributed by atoms with Crippen LogP contribution in [0.5, 0.6) is 0 Å². The van der Waals surface area contributed by atoms with Crippen LogP contribution < -0.4 is 5.32 Å². The molecule has 15 heavy (non-hydrogen) atoms. The Balaban J connectivity index is 2.31. The molecule has 0 radical (unpaired) electrons. The van der Waals surface area contributed by atoms with Crippen LogP contribution in [-0.4, -0.2) is 12.5 Å². The molecule has 0 bridgehead atoms. The van der Waals surface area contributed by atoms with Gasteiger partial charge in [-0.25, -0.2) is 0 Å². The lowest BCUT2D eigenvalue weighted by atomic mass is 9.76. The van der Waals surface area contributed by atoms with Crippen LogP contribution in [0.2, 0.25) is 0 Å². The first kappa shape index (κ1) is 10.2. The van der Waals surface area contributed by atoms with E-state index in [4.69, 9.17) is 0 Å². The van der Waals surface area contributed by atoms with E-state index in [1.807, 2.05) is 6.07 Å². The smallest absolute Gasteiger partial charge is 0.220 e. The monoisotopic (exact) mass is 203 g/mol. The average Bonchev–Trinajstić information content (AvgIpc) is 2.63. The summed E-state index contributed by atoms with van der Waals surface area (Å²) >= 11 is 0. The first-order valence-corrected chi connectivity index (χ1v) is 5.59. The largest absolute Gasteiger partial charge is 0.355 e. The first-order chi connectivity index (χ1) is 7.27. The van der Waals surface area contributed by atoms with Gasteiger partial charge in [0.2, 0.25) is 5.91 Å². The highest BCUT2D eigenvalue weighted by atomic mass is 16.1. The summed E-state index contributed by atoms with van der Waals surface area (Å²) in [5.41, 5.74) is 1.35. The molecule has 0 aromatic heterocycles. The molecule has 2 rings (SSSR count). The van der Waals surface area contributed by atoms with Crippen LogP contribution in [0.1, 0.15) is 31.7 Å². The van der Waals surface area contributed by atoms with E-state index >= 15 is 0 Å². The predicted molar refractivity (Wildman–Crippen MR) is 60.7 cm³/mol. The van der Waals surface area contributed by atoms with Crippen molar-refractivity contribution >= 4 is 5.91 Å². The van der Waals surface area contributed by atoms with Gasteiger partial charge in [-0.05, 0) is 12.0 Å². The zero-order valence-electron chi connectivity index (χ0n) is 9.12. The maximum Gasteiger partial charge on any atom is 0.220 e. The number of hydrogen-bond acceptors (Lipinski definition) is 1. The molecular formula is C13H17NO. The lowest BCUT2D eigenvalue weighted by Gasteiger charge is -2.27. The topological polar surface area (TPSA) is 29.1 Å². The number of hydrogen-bond donors (Lipinski definition) is 1. The number of benzene rings is 1. The van der Waals surface area contributed by atoms with Crippen LogP contribution in [-0.2, 0) is 10.2 Å². The fourth-order valence-corrected chi connectivity index (χ4v) is 2.50. The van der Waals surface area contributed by atoms with E-state index in [0.29, 0.717) is 6.42 Å². The molecule has 0 saturated carbocycles. The molecule has 1 aromatic rings. The van der Waals surface area contributed by atoms with E-state index in [1.165, 1.54) is 5.56 Å². The molecule has 2 nitrogen and oxygen atoms in total. The average molecular weight is 203 g/mol. The molecule has 1 heterocycles. The lowest BCUT2D eigenvalue weighted by molar-refractivity contribution is -0.119. The van der Waals surface area contributed by atoms with Gasteiger partial charge in [0, 0.05) is 18.4 Å². The summed E-state index contributed by atoms with van der Waals surface area (Å²) in [7, 11) is 0. The molecule has 1 saturated heterocycles. The Kier molecular flexibility index (Phi) is 2.76. The molecule has 1 aliphatic heterocycles. The Morgan fingerprint density at radius 1 is 1.33 bits per heavy atom. The summed E-state index contributed by atoms with van der Waals surface area (Å²) in [6.07, 6.45) is 2.84. The second kappa shape index (κ2) is 4.05. The Hall–Kier alpha value is -1.31. The van der Waals surface area contributed by atoms with Crippen molar-refractivity contribution in [3.63, 3.8) is 0 Å². The zero-order valence-corrected chi connectivity index (χ0v) is 9.12. The van der Waals surface area contributed by atoms with Crippen molar-refractivity contribution in [2.24, 2.45) is 0 Å². The van der Waals surface area contributed by atoms with Crippen LogP contribution >= 0.6 is 0 Å². The molecule has 1 aliphatic rings.